The summed E-state index contributed by atoms with van der Waals surface area (Å²) in [5.74, 6) is 0. The summed E-state index contributed by atoms with van der Waals surface area (Å²) in [6, 6.07) is 21.4. The first-order chi connectivity index (χ1) is 10.2. The molecule has 4 heteroatoms. The van der Waals surface area contributed by atoms with Gasteiger partial charge in [0.1, 0.15) is 6.10 Å². The molecule has 1 fully saturated rings. The Bertz CT molecular complexity index is 576. The first kappa shape index (κ1) is 14.7. The van der Waals surface area contributed by atoms with Crippen LogP contribution >= 0.6 is 8.45 Å². The van der Waals surface area contributed by atoms with Crippen LogP contribution in [0, 0.1) is 0 Å². The van der Waals surface area contributed by atoms with Crippen LogP contribution in [-0.4, -0.2) is 30.5 Å². The van der Waals surface area contributed by atoms with Gasteiger partial charge in [0, 0.05) is 0 Å². The number of rotatable bonds is 3. The van der Waals surface area contributed by atoms with Gasteiger partial charge >= 0.3 is 0 Å². The molecule has 3 rings (SSSR count). The molecule has 110 valence electrons. The van der Waals surface area contributed by atoms with E-state index in [9.17, 15) is 0 Å². The van der Waals surface area contributed by atoms with Gasteiger partial charge in [-0.3, -0.25) is 4.67 Å². The zero-order valence-corrected chi connectivity index (χ0v) is 13.6. The molecule has 1 aliphatic rings. The zero-order chi connectivity index (χ0) is 14.8. The molecule has 0 amide bonds. The van der Waals surface area contributed by atoms with Gasteiger partial charge in [0.25, 0.3) is 0 Å². The number of likely N-dealkylation sites (N-methyl/N-ethyl adjacent to an activating group) is 1. The summed E-state index contributed by atoms with van der Waals surface area (Å²) in [4.78, 5) is 0. The molecular weight excluding hydrogens is 279 g/mol. The number of hydrogen-bond donors (Lipinski definition) is 0. The molecule has 2 aromatic carbocycles. The lowest BCUT2D eigenvalue weighted by atomic mass is 9.96. The average molecular weight is 300 g/mol. The van der Waals surface area contributed by atoms with E-state index >= 15 is 0 Å². The van der Waals surface area contributed by atoms with E-state index in [2.05, 4.69) is 91.1 Å². The van der Waals surface area contributed by atoms with Gasteiger partial charge in [0.05, 0.1) is 6.04 Å². The molecule has 21 heavy (non-hydrogen) atoms. The third-order valence-electron chi connectivity index (χ3n) is 3.78. The molecule has 0 N–H and O–H groups in total. The lowest BCUT2D eigenvalue weighted by molar-refractivity contribution is 0.205. The van der Waals surface area contributed by atoms with Crippen molar-refractivity contribution in [1.29, 1.82) is 0 Å². The molecule has 0 bridgehead atoms. The Hall–Kier alpha value is -1.25. The highest BCUT2D eigenvalue weighted by Gasteiger charge is 2.43. The molecule has 1 saturated heterocycles. The van der Waals surface area contributed by atoms with Crippen LogP contribution in [0.2, 0.25) is 0 Å². The van der Waals surface area contributed by atoms with Gasteiger partial charge in [0.2, 0.25) is 0 Å². The first-order valence-electron chi connectivity index (χ1n) is 7.15. The molecule has 0 saturated carbocycles. The summed E-state index contributed by atoms with van der Waals surface area (Å²) >= 11 is 0. The van der Waals surface area contributed by atoms with Gasteiger partial charge in [-0.2, -0.15) is 0 Å². The molecule has 0 aliphatic carbocycles. The van der Waals surface area contributed by atoms with E-state index in [-0.39, 0.29) is 12.1 Å². The largest absolute Gasteiger partial charge is 0.321 e. The fourth-order valence-corrected chi connectivity index (χ4v) is 4.65. The summed E-state index contributed by atoms with van der Waals surface area (Å²) in [6.07, 6.45) is 0.0760. The van der Waals surface area contributed by atoms with Crippen LogP contribution in [0.5, 0.6) is 0 Å². The van der Waals surface area contributed by atoms with Crippen molar-refractivity contribution < 1.29 is 4.52 Å². The molecule has 0 radical (unpaired) electrons. The van der Waals surface area contributed by atoms with Crippen LogP contribution in [0.4, 0.5) is 0 Å². The second-order valence-corrected chi connectivity index (χ2v) is 7.61. The van der Waals surface area contributed by atoms with Gasteiger partial charge in [0.15, 0.2) is 8.45 Å². The van der Waals surface area contributed by atoms with Crippen molar-refractivity contribution in [2.45, 2.75) is 12.1 Å². The van der Waals surface area contributed by atoms with Gasteiger partial charge in [-0.05, 0) is 32.3 Å². The fraction of sp³-hybridized carbons (Fsp3) is 0.294. The lowest BCUT2D eigenvalue weighted by Gasteiger charge is -2.26. The van der Waals surface area contributed by atoms with Crippen LogP contribution in [0.25, 0.3) is 0 Å². The first-order valence-corrected chi connectivity index (χ1v) is 8.32. The second-order valence-electron chi connectivity index (χ2n) is 5.47. The van der Waals surface area contributed by atoms with Crippen molar-refractivity contribution in [3.8, 4) is 0 Å². The van der Waals surface area contributed by atoms with Crippen molar-refractivity contribution in [1.82, 2.24) is 9.34 Å². The monoisotopic (exact) mass is 300 g/mol. The maximum absolute atomic E-state index is 6.40. The van der Waals surface area contributed by atoms with Crippen LogP contribution in [-0.2, 0) is 4.52 Å². The standard InChI is InChI=1S/C17H21N2OP/c1-18(2)21-19(3)16(14-10-6-4-7-11-14)17(20-21)15-12-8-5-9-13-15/h4-13,16-17H,1-3H3. The predicted octanol–water partition coefficient (Wildman–Crippen LogP) is 4.22. The highest BCUT2D eigenvalue weighted by molar-refractivity contribution is 7.47. The molecule has 1 heterocycles. The highest BCUT2D eigenvalue weighted by Crippen LogP contribution is 2.61. The molecular formula is C17H21N2OP. The molecule has 3 unspecified atom stereocenters. The normalized spacial score (nSPS) is 26.4. The maximum atomic E-state index is 6.40. The van der Waals surface area contributed by atoms with E-state index in [0.717, 1.165) is 0 Å². The van der Waals surface area contributed by atoms with Gasteiger partial charge < -0.3 is 4.52 Å². The molecule has 0 aromatic heterocycles. The van der Waals surface area contributed by atoms with E-state index in [0.29, 0.717) is 0 Å². The van der Waals surface area contributed by atoms with Crippen molar-refractivity contribution in [3.05, 3.63) is 71.8 Å². The minimum Gasteiger partial charge on any atom is -0.321 e. The third-order valence-corrected chi connectivity index (χ3v) is 5.67. The van der Waals surface area contributed by atoms with Gasteiger partial charge in [-0.25, -0.2) is 4.67 Å². The predicted molar refractivity (Wildman–Crippen MR) is 87.8 cm³/mol. The zero-order valence-electron chi connectivity index (χ0n) is 12.7. The average Bonchev–Trinajstić information content (AvgIpc) is 2.87. The maximum Gasteiger partial charge on any atom is 0.188 e. The second kappa shape index (κ2) is 6.25. The fourth-order valence-electron chi connectivity index (χ4n) is 2.84. The number of hydrogen-bond acceptors (Lipinski definition) is 3. The number of nitrogens with zero attached hydrogens (tertiary/aromatic N) is 2. The lowest BCUT2D eigenvalue weighted by Crippen LogP contribution is -2.20. The third kappa shape index (κ3) is 2.88. The quantitative estimate of drug-likeness (QED) is 0.789. The Labute approximate surface area is 128 Å². The van der Waals surface area contributed by atoms with E-state index < -0.39 is 8.45 Å². The minimum absolute atomic E-state index is 0.0760. The topological polar surface area (TPSA) is 15.7 Å². The number of benzene rings is 2. The van der Waals surface area contributed by atoms with Crippen molar-refractivity contribution >= 4 is 8.45 Å². The summed E-state index contributed by atoms with van der Waals surface area (Å²) in [7, 11) is 5.60. The molecule has 3 atom stereocenters. The highest BCUT2D eigenvalue weighted by atomic mass is 31.2. The van der Waals surface area contributed by atoms with Crippen LogP contribution < -0.4 is 0 Å². The summed E-state index contributed by atoms with van der Waals surface area (Å²) in [5.41, 5.74) is 2.55. The van der Waals surface area contributed by atoms with E-state index in [1.54, 1.807) is 0 Å². The van der Waals surface area contributed by atoms with Crippen LogP contribution in [0.1, 0.15) is 23.3 Å². The van der Waals surface area contributed by atoms with E-state index in [4.69, 9.17) is 4.52 Å². The van der Waals surface area contributed by atoms with E-state index in [1.165, 1.54) is 11.1 Å². The van der Waals surface area contributed by atoms with Crippen molar-refractivity contribution in [2.24, 2.45) is 0 Å². The molecule has 1 aliphatic heterocycles. The summed E-state index contributed by atoms with van der Waals surface area (Å²) < 4.78 is 10.9. The molecule has 2 aromatic rings. The van der Waals surface area contributed by atoms with Crippen LogP contribution in [0.3, 0.4) is 0 Å². The Morgan fingerprint density at radius 1 is 0.905 bits per heavy atom. The summed E-state index contributed by atoms with van der Waals surface area (Å²) in [6.45, 7) is 0. The van der Waals surface area contributed by atoms with Crippen molar-refractivity contribution in [2.75, 3.05) is 21.1 Å². The van der Waals surface area contributed by atoms with E-state index in [1.807, 2.05) is 0 Å². The Morgan fingerprint density at radius 3 is 1.95 bits per heavy atom. The summed E-state index contributed by atoms with van der Waals surface area (Å²) in [5, 5.41) is 0. The minimum atomic E-state index is -0.725. The molecule has 3 nitrogen and oxygen atoms in total. The van der Waals surface area contributed by atoms with Gasteiger partial charge in [-0.1, -0.05) is 60.7 Å². The van der Waals surface area contributed by atoms with Gasteiger partial charge in [-0.15, -0.1) is 0 Å². The smallest absolute Gasteiger partial charge is 0.188 e. The Morgan fingerprint density at radius 2 is 1.43 bits per heavy atom. The Balaban J connectivity index is 2.00. The SMILES string of the molecule is CN(C)P1OC(c2ccccc2)C(c2ccccc2)N1C. The Kier molecular flexibility index (Phi) is 4.37. The van der Waals surface area contributed by atoms with Crippen LogP contribution in [0.15, 0.2) is 60.7 Å². The van der Waals surface area contributed by atoms with Crippen molar-refractivity contribution in [3.63, 3.8) is 0 Å². The molecule has 0 spiro atoms.